The van der Waals surface area contributed by atoms with Crippen LogP contribution >= 0.6 is 0 Å². The Labute approximate surface area is 176 Å². The van der Waals surface area contributed by atoms with Gasteiger partial charge in [-0.1, -0.05) is 18.2 Å². The molecule has 1 aliphatic rings. The highest BCUT2D eigenvalue weighted by atomic mass is 16.2. The number of rotatable bonds is 6. The first-order valence-corrected chi connectivity index (χ1v) is 10.1. The number of aryl methyl sites for hydroxylation is 1. The number of benzene rings is 2. The smallest absolute Gasteiger partial charge is 0.271 e. The monoisotopic (exact) mass is 406 g/mol. The number of hydrazone groups is 1. The van der Waals surface area contributed by atoms with E-state index in [1.54, 1.807) is 35.2 Å². The van der Waals surface area contributed by atoms with Gasteiger partial charge in [0.05, 0.1) is 5.69 Å². The third kappa shape index (κ3) is 4.74. The number of amides is 3. The maximum Gasteiger partial charge on any atom is 0.271 e. The molecule has 0 spiro atoms. The number of nitrogens with one attached hydrogen (secondary N) is 1. The van der Waals surface area contributed by atoms with Crippen LogP contribution in [0.25, 0.3) is 0 Å². The molecule has 7 heteroatoms. The minimum absolute atomic E-state index is 0.0812. The van der Waals surface area contributed by atoms with Crippen LogP contribution in [0.15, 0.2) is 53.6 Å². The lowest BCUT2D eigenvalue weighted by Gasteiger charge is -2.23. The van der Waals surface area contributed by atoms with E-state index in [1.807, 2.05) is 39.0 Å². The molecule has 156 valence electrons. The Balaban J connectivity index is 1.79. The van der Waals surface area contributed by atoms with Crippen LogP contribution in [0, 0.1) is 6.92 Å². The van der Waals surface area contributed by atoms with E-state index in [0.717, 1.165) is 5.56 Å². The van der Waals surface area contributed by atoms with Crippen LogP contribution in [-0.2, 0) is 9.59 Å². The van der Waals surface area contributed by atoms with E-state index >= 15 is 0 Å². The first kappa shape index (κ1) is 21.2. The van der Waals surface area contributed by atoms with Crippen LogP contribution in [0.1, 0.15) is 42.6 Å². The summed E-state index contributed by atoms with van der Waals surface area (Å²) in [7, 11) is 0. The Morgan fingerprint density at radius 2 is 1.80 bits per heavy atom. The minimum atomic E-state index is -0.382. The zero-order valence-corrected chi connectivity index (χ0v) is 17.5. The molecule has 1 aliphatic heterocycles. The van der Waals surface area contributed by atoms with Gasteiger partial charge in [-0.05, 0) is 56.7 Å². The Bertz CT molecular complexity index is 995. The second-order valence-corrected chi connectivity index (χ2v) is 7.10. The summed E-state index contributed by atoms with van der Waals surface area (Å²) in [6.45, 7) is 7.02. The van der Waals surface area contributed by atoms with Gasteiger partial charge in [-0.15, -0.1) is 0 Å². The Hall–Kier alpha value is -3.48. The van der Waals surface area contributed by atoms with Gasteiger partial charge in [0, 0.05) is 37.2 Å². The predicted octanol–water partition coefficient (Wildman–Crippen LogP) is 3.60. The normalized spacial score (nSPS) is 13.6. The van der Waals surface area contributed by atoms with Crippen molar-refractivity contribution < 1.29 is 14.4 Å². The Morgan fingerprint density at radius 3 is 2.50 bits per heavy atom. The van der Waals surface area contributed by atoms with Crippen molar-refractivity contribution in [3.8, 4) is 0 Å². The van der Waals surface area contributed by atoms with Gasteiger partial charge in [0.25, 0.3) is 11.8 Å². The number of carbonyl (C=O) groups is 3. The molecule has 0 aliphatic carbocycles. The quantitative estimate of drug-likeness (QED) is 0.796. The van der Waals surface area contributed by atoms with E-state index in [4.69, 9.17) is 0 Å². The maximum absolute atomic E-state index is 12.8. The van der Waals surface area contributed by atoms with Crippen molar-refractivity contribution in [2.75, 3.05) is 23.4 Å². The van der Waals surface area contributed by atoms with Gasteiger partial charge in [0.2, 0.25) is 5.91 Å². The summed E-state index contributed by atoms with van der Waals surface area (Å²) in [6, 6.07) is 14.3. The van der Waals surface area contributed by atoms with E-state index < -0.39 is 0 Å². The first-order chi connectivity index (χ1) is 14.4. The zero-order chi connectivity index (χ0) is 21.7. The number of hydrogen-bond donors (Lipinski definition) is 1. The molecule has 0 aromatic heterocycles. The summed E-state index contributed by atoms with van der Waals surface area (Å²) in [4.78, 5) is 39.4. The largest absolute Gasteiger partial charge is 0.339 e. The van der Waals surface area contributed by atoms with Crippen molar-refractivity contribution in [3.63, 3.8) is 0 Å². The van der Waals surface area contributed by atoms with Gasteiger partial charge in [0.15, 0.2) is 0 Å². The summed E-state index contributed by atoms with van der Waals surface area (Å²) in [5, 5.41) is 8.38. The SMILES string of the molecule is CCN(CC)C(=O)c1cccc(NC(=O)C2=NN(c3cccc(C)c3)C(=O)CC2)c1. The van der Waals surface area contributed by atoms with E-state index in [1.165, 1.54) is 5.01 Å². The molecule has 0 radical (unpaired) electrons. The molecule has 1 heterocycles. The van der Waals surface area contributed by atoms with Crippen molar-refractivity contribution >= 4 is 34.8 Å². The van der Waals surface area contributed by atoms with Gasteiger partial charge in [-0.2, -0.15) is 5.10 Å². The molecule has 3 amide bonds. The van der Waals surface area contributed by atoms with E-state index in [0.29, 0.717) is 30.0 Å². The lowest BCUT2D eigenvalue weighted by Crippen LogP contribution is -2.36. The average Bonchev–Trinajstić information content (AvgIpc) is 2.75. The first-order valence-electron chi connectivity index (χ1n) is 10.1. The van der Waals surface area contributed by atoms with Crippen LogP contribution in [-0.4, -0.2) is 41.4 Å². The average molecular weight is 406 g/mol. The molecule has 0 unspecified atom stereocenters. The van der Waals surface area contributed by atoms with Crippen molar-refractivity contribution in [2.45, 2.75) is 33.6 Å². The fourth-order valence-electron chi connectivity index (χ4n) is 3.30. The highest BCUT2D eigenvalue weighted by molar-refractivity contribution is 6.44. The molecule has 3 rings (SSSR count). The standard InChI is InChI=1S/C23H26N4O3/c1-4-26(5-2)23(30)17-9-7-10-18(15-17)24-22(29)20-12-13-21(28)27(25-20)19-11-6-8-16(3)14-19/h6-11,14-15H,4-5,12-13H2,1-3H3,(H,24,29). The van der Waals surface area contributed by atoms with Crippen molar-refractivity contribution in [2.24, 2.45) is 5.10 Å². The van der Waals surface area contributed by atoms with Crippen LogP contribution in [0.5, 0.6) is 0 Å². The molecule has 0 fully saturated rings. The van der Waals surface area contributed by atoms with E-state index in [-0.39, 0.29) is 36.3 Å². The second-order valence-electron chi connectivity index (χ2n) is 7.10. The summed E-state index contributed by atoms with van der Waals surface area (Å²) in [6.07, 6.45) is 0.478. The summed E-state index contributed by atoms with van der Waals surface area (Å²) < 4.78 is 0. The van der Waals surface area contributed by atoms with Crippen LogP contribution in [0.4, 0.5) is 11.4 Å². The molecule has 0 bridgehead atoms. The fraction of sp³-hybridized carbons (Fsp3) is 0.304. The fourth-order valence-corrected chi connectivity index (χ4v) is 3.30. The summed E-state index contributed by atoms with van der Waals surface area (Å²) in [5.41, 5.74) is 2.94. The summed E-state index contributed by atoms with van der Waals surface area (Å²) in [5.74, 6) is -0.612. The topological polar surface area (TPSA) is 82.1 Å². The van der Waals surface area contributed by atoms with Crippen LogP contribution in [0.2, 0.25) is 0 Å². The van der Waals surface area contributed by atoms with Gasteiger partial charge in [-0.3, -0.25) is 14.4 Å². The summed E-state index contributed by atoms with van der Waals surface area (Å²) >= 11 is 0. The van der Waals surface area contributed by atoms with Gasteiger partial charge in [0.1, 0.15) is 5.71 Å². The third-order valence-electron chi connectivity index (χ3n) is 4.96. The molecular weight excluding hydrogens is 380 g/mol. The Kier molecular flexibility index (Phi) is 6.61. The van der Waals surface area contributed by atoms with Gasteiger partial charge in [-0.25, -0.2) is 5.01 Å². The minimum Gasteiger partial charge on any atom is -0.339 e. The van der Waals surface area contributed by atoms with Crippen molar-refractivity contribution in [1.29, 1.82) is 0 Å². The molecule has 7 nitrogen and oxygen atoms in total. The third-order valence-corrected chi connectivity index (χ3v) is 4.96. The van der Waals surface area contributed by atoms with Crippen molar-refractivity contribution in [1.82, 2.24) is 4.90 Å². The highest BCUT2D eigenvalue weighted by Gasteiger charge is 2.26. The predicted molar refractivity (Wildman–Crippen MR) is 118 cm³/mol. The number of carbonyl (C=O) groups excluding carboxylic acids is 3. The number of nitrogens with zero attached hydrogens (tertiary/aromatic N) is 3. The molecule has 1 N–H and O–H groups in total. The van der Waals surface area contributed by atoms with Crippen LogP contribution in [0.3, 0.4) is 0 Å². The highest BCUT2D eigenvalue weighted by Crippen LogP contribution is 2.22. The molecule has 0 saturated carbocycles. The van der Waals surface area contributed by atoms with Crippen molar-refractivity contribution in [3.05, 3.63) is 59.7 Å². The van der Waals surface area contributed by atoms with Crippen LogP contribution < -0.4 is 10.3 Å². The van der Waals surface area contributed by atoms with E-state index in [9.17, 15) is 14.4 Å². The lowest BCUT2D eigenvalue weighted by atomic mass is 10.1. The molecule has 0 atom stereocenters. The van der Waals surface area contributed by atoms with E-state index in [2.05, 4.69) is 10.4 Å². The second kappa shape index (κ2) is 9.35. The Morgan fingerprint density at radius 1 is 1.07 bits per heavy atom. The number of hydrogen-bond acceptors (Lipinski definition) is 4. The van der Waals surface area contributed by atoms with Gasteiger partial charge < -0.3 is 10.2 Å². The lowest BCUT2D eigenvalue weighted by molar-refractivity contribution is -0.118. The number of anilines is 2. The molecule has 2 aromatic rings. The molecule has 30 heavy (non-hydrogen) atoms. The van der Waals surface area contributed by atoms with Gasteiger partial charge >= 0.3 is 0 Å². The molecule has 2 aromatic carbocycles. The molecule has 0 saturated heterocycles. The maximum atomic E-state index is 12.8. The molecular formula is C23H26N4O3. The zero-order valence-electron chi connectivity index (χ0n) is 17.5.